The summed E-state index contributed by atoms with van der Waals surface area (Å²) in [6.07, 6.45) is 6.21. The van der Waals surface area contributed by atoms with Crippen LogP contribution in [0, 0.1) is 5.92 Å². The highest BCUT2D eigenvalue weighted by molar-refractivity contribution is 5.80. The molecule has 2 rings (SSSR count). The van der Waals surface area contributed by atoms with E-state index in [4.69, 9.17) is 14.5 Å². The van der Waals surface area contributed by atoms with Gasteiger partial charge in [0.1, 0.15) is 0 Å². The average Bonchev–Trinajstić information content (AvgIpc) is 2.77. The molecule has 0 saturated carbocycles. The number of hydrogen-bond acceptors (Lipinski definition) is 5. The number of nitrogens with zero attached hydrogens (tertiary/aromatic N) is 2. The largest absolute Gasteiger partial charge is 0.381 e. The van der Waals surface area contributed by atoms with Crippen molar-refractivity contribution in [3.05, 3.63) is 0 Å². The molecule has 0 radical (unpaired) electrons. The van der Waals surface area contributed by atoms with E-state index in [1.807, 2.05) is 0 Å². The summed E-state index contributed by atoms with van der Waals surface area (Å²) in [7, 11) is 0. The number of ether oxygens (including phenoxy) is 2. The summed E-state index contributed by atoms with van der Waals surface area (Å²) in [5.41, 5.74) is 0. The van der Waals surface area contributed by atoms with Gasteiger partial charge in [-0.15, -0.1) is 0 Å². The Kier molecular flexibility index (Phi) is 12.8. The zero-order chi connectivity index (χ0) is 21.4. The van der Waals surface area contributed by atoms with Gasteiger partial charge in [0.05, 0.1) is 6.54 Å². The average molecular weight is 426 g/mol. The Morgan fingerprint density at radius 1 is 1.13 bits per heavy atom. The molecule has 0 unspecified atom stereocenters. The van der Waals surface area contributed by atoms with E-state index in [9.17, 15) is 4.79 Å². The van der Waals surface area contributed by atoms with Crippen LogP contribution in [-0.2, 0) is 14.3 Å². The molecular weight excluding hydrogens is 382 g/mol. The molecule has 3 N–H and O–H groups in total. The van der Waals surface area contributed by atoms with Crippen molar-refractivity contribution in [2.45, 2.75) is 58.4 Å². The maximum atomic E-state index is 11.9. The third-order valence-corrected chi connectivity index (χ3v) is 5.62. The SMILES string of the molecule is CCCNC(=O)CN1CCC(NC(=NCCCOCC2CCOCC2)NCC)CC1. The summed E-state index contributed by atoms with van der Waals surface area (Å²) in [5, 5.41) is 9.86. The van der Waals surface area contributed by atoms with E-state index < -0.39 is 0 Å². The zero-order valence-corrected chi connectivity index (χ0v) is 19.1. The van der Waals surface area contributed by atoms with Gasteiger partial charge in [-0.3, -0.25) is 14.7 Å². The third kappa shape index (κ3) is 10.6. The van der Waals surface area contributed by atoms with Gasteiger partial charge in [-0.1, -0.05) is 6.92 Å². The molecule has 8 heteroatoms. The van der Waals surface area contributed by atoms with Crippen molar-refractivity contribution in [3.8, 4) is 0 Å². The normalized spacial score (nSPS) is 19.6. The molecule has 2 fully saturated rings. The number of nitrogens with one attached hydrogen (secondary N) is 3. The second-order valence-electron chi connectivity index (χ2n) is 8.29. The number of guanidine groups is 1. The van der Waals surface area contributed by atoms with E-state index in [2.05, 4.69) is 34.7 Å². The summed E-state index contributed by atoms with van der Waals surface area (Å²) in [4.78, 5) is 18.8. The number of likely N-dealkylation sites (tertiary alicyclic amines) is 1. The van der Waals surface area contributed by atoms with E-state index >= 15 is 0 Å². The van der Waals surface area contributed by atoms with Gasteiger partial charge in [-0.25, -0.2) is 0 Å². The number of carbonyl (C=O) groups excluding carboxylic acids is 1. The first-order valence-corrected chi connectivity index (χ1v) is 11.9. The Balaban J connectivity index is 1.59. The molecule has 1 amide bonds. The molecule has 2 aliphatic rings. The van der Waals surface area contributed by atoms with Gasteiger partial charge in [0.2, 0.25) is 5.91 Å². The van der Waals surface area contributed by atoms with Crippen molar-refractivity contribution in [1.82, 2.24) is 20.9 Å². The van der Waals surface area contributed by atoms with Crippen LogP contribution in [0.15, 0.2) is 4.99 Å². The fourth-order valence-corrected chi connectivity index (χ4v) is 3.79. The number of hydrogen-bond donors (Lipinski definition) is 3. The molecular formula is C22H43N5O3. The summed E-state index contributed by atoms with van der Waals surface area (Å²) in [5.74, 6) is 1.68. The van der Waals surface area contributed by atoms with Crippen molar-refractivity contribution in [2.24, 2.45) is 10.9 Å². The van der Waals surface area contributed by atoms with E-state index in [-0.39, 0.29) is 5.91 Å². The molecule has 8 nitrogen and oxygen atoms in total. The molecule has 30 heavy (non-hydrogen) atoms. The maximum Gasteiger partial charge on any atom is 0.234 e. The van der Waals surface area contributed by atoms with E-state index in [0.717, 1.165) is 104 Å². The monoisotopic (exact) mass is 425 g/mol. The molecule has 0 atom stereocenters. The molecule has 0 bridgehead atoms. The number of carbonyl (C=O) groups is 1. The van der Waals surface area contributed by atoms with Crippen LogP contribution in [0.3, 0.4) is 0 Å². The van der Waals surface area contributed by atoms with Crippen LogP contribution in [0.2, 0.25) is 0 Å². The summed E-state index contributed by atoms with van der Waals surface area (Å²) >= 11 is 0. The molecule has 2 aliphatic heterocycles. The predicted octanol–water partition coefficient (Wildman–Crippen LogP) is 1.37. The quantitative estimate of drug-likeness (QED) is 0.249. The Hall–Kier alpha value is -1.38. The fourth-order valence-electron chi connectivity index (χ4n) is 3.79. The Morgan fingerprint density at radius 3 is 2.60 bits per heavy atom. The highest BCUT2D eigenvalue weighted by Crippen LogP contribution is 2.14. The van der Waals surface area contributed by atoms with Crippen molar-refractivity contribution in [3.63, 3.8) is 0 Å². The van der Waals surface area contributed by atoms with Crippen molar-refractivity contribution >= 4 is 11.9 Å². The van der Waals surface area contributed by atoms with Crippen LogP contribution in [0.1, 0.15) is 52.4 Å². The first kappa shape index (κ1) is 24.9. The Labute approximate surface area is 182 Å². The highest BCUT2D eigenvalue weighted by Gasteiger charge is 2.21. The maximum absolute atomic E-state index is 11.9. The lowest BCUT2D eigenvalue weighted by molar-refractivity contribution is -0.122. The molecule has 2 saturated heterocycles. The minimum absolute atomic E-state index is 0.136. The lowest BCUT2D eigenvalue weighted by atomic mass is 10.0. The van der Waals surface area contributed by atoms with Crippen LogP contribution in [-0.4, -0.2) is 88.5 Å². The Morgan fingerprint density at radius 2 is 1.90 bits per heavy atom. The zero-order valence-electron chi connectivity index (χ0n) is 19.1. The number of amides is 1. The predicted molar refractivity (Wildman–Crippen MR) is 121 cm³/mol. The summed E-state index contributed by atoms with van der Waals surface area (Å²) in [6.45, 7) is 12.3. The number of rotatable bonds is 12. The topological polar surface area (TPSA) is 87.2 Å². The van der Waals surface area contributed by atoms with Gasteiger partial charge < -0.3 is 25.4 Å². The summed E-state index contributed by atoms with van der Waals surface area (Å²) < 4.78 is 11.2. The standard InChI is InChI=1S/C22H43N5O3/c1-3-10-24-21(28)17-27-12-6-20(7-13-27)26-22(23-4-2)25-11-5-14-30-18-19-8-15-29-16-9-19/h19-20H,3-18H2,1-2H3,(H,24,28)(H2,23,25,26). The van der Waals surface area contributed by atoms with Crippen molar-refractivity contribution in [1.29, 1.82) is 0 Å². The summed E-state index contributed by atoms with van der Waals surface area (Å²) in [6, 6.07) is 0.405. The second kappa shape index (κ2) is 15.4. The molecule has 0 aromatic rings. The molecule has 0 spiro atoms. The van der Waals surface area contributed by atoms with Gasteiger partial charge in [0, 0.05) is 65.2 Å². The van der Waals surface area contributed by atoms with Crippen molar-refractivity contribution < 1.29 is 14.3 Å². The Bertz CT molecular complexity index is 489. The molecule has 0 aromatic heterocycles. The second-order valence-corrected chi connectivity index (χ2v) is 8.29. The molecule has 174 valence electrons. The highest BCUT2D eigenvalue weighted by atomic mass is 16.5. The first-order valence-electron chi connectivity index (χ1n) is 11.9. The first-order chi connectivity index (χ1) is 14.7. The van der Waals surface area contributed by atoms with E-state index in [1.54, 1.807) is 0 Å². The number of piperidine rings is 1. The molecule has 2 heterocycles. The van der Waals surface area contributed by atoms with Gasteiger partial charge in [0.15, 0.2) is 5.96 Å². The van der Waals surface area contributed by atoms with Crippen LogP contribution in [0.5, 0.6) is 0 Å². The minimum atomic E-state index is 0.136. The van der Waals surface area contributed by atoms with Gasteiger partial charge in [0.25, 0.3) is 0 Å². The van der Waals surface area contributed by atoms with Gasteiger partial charge >= 0.3 is 0 Å². The van der Waals surface area contributed by atoms with Gasteiger partial charge in [-0.2, -0.15) is 0 Å². The van der Waals surface area contributed by atoms with Crippen LogP contribution in [0.25, 0.3) is 0 Å². The third-order valence-electron chi connectivity index (χ3n) is 5.62. The van der Waals surface area contributed by atoms with E-state index in [1.165, 1.54) is 0 Å². The van der Waals surface area contributed by atoms with Crippen LogP contribution >= 0.6 is 0 Å². The van der Waals surface area contributed by atoms with Crippen LogP contribution < -0.4 is 16.0 Å². The smallest absolute Gasteiger partial charge is 0.234 e. The lowest BCUT2D eigenvalue weighted by Crippen LogP contribution is -2.50. The van der Waals surface area contributed by atoms with Gasteiger partial charge in [-0.05, 0) is 51.4 Å². The number of aliphatic imine (C=N–C) groups is 1. The van der Waals surface area contributed by atoms with Crippen molar-refractivity contribution in [2.75, 3.05) is 65.7 Å². The van der Waals surface area contributed by atoms with Crippen LogP contribution in [0.4, 0.5) is 0 Å². The van der Waals surface area contributed by atoms with E-state index in [0.29, 0.717) is 18.5 Å². The lowest BCUT2D eigenvalue weighted by Gasteiger charge is -2.32. The fraction of sp³-hybridized carbons (Fsp3) is 0.909. The minimum Gasteiger partial charge on any atom is -0.381 e. The molecule has 0 aliphatic carbocycles. The molecule has 0 aromatic carbocycles.